The number of furan rings is 1. The van der Waals surface area contributed by atoms with E-state index in [2.05, 4.69) is 16.6 Å². The van der Waals surface area contributed by atoms with Crippen LogP contribution in [0.3, 0.4) is 0 Å². The second-order valence-electron chi connectivity index (χ2n) is 5.83. The maximum Gasteiger partial charge on any atom is 0.267 e. The molecule has 1 aliphatic heterocycles. The summed E-state index contributed by atoms with van der Waals surface area (Å²) in [7, 11) is 0. The number of nitrogens with zero attached hydrogens (tertiary/aromatic N) is 3. The van der Waals surface area contributed by atoms with Crippen molar-refractivity contribution in [3.8, 4) is 11.3 Å². The molecule has 0 bridgehead atoms. The number of amides is 1. The van der Waals surface area contributed by atoms with E-state index in [0.717, 1.165) is 0 Å². The molecule has 9 heteroatoms. The second kappa shape index (κ2) is 8.59. The van der Waals surface area contributed by atoms with Crippen molar-refractivity contribution in [3.63, 3.8) is 0 Å². The Balaban J connectivity index is 1.64. The highest BCUT2D eigenvalue weighted by molar-refractivity contribution is 8.18. The molecule has 5 nitrogen and oxygen atoms in total. The molecule has 0 atom stereocenters. The van der Waals surface area contributed by atoms with Crippen LogP contribution in [0.5, 0.6) is 0 Å². The highest BCUT2D eigenvalue weighted by Crippen LogP contribution is 2.37. The zero-order valence-electron chi connectivity index (χ0n) is 14.8. The van der Waals surface area contributed by atoms with E-state index in [1.54, 1.807) is 47.5 Å². The number of thioether (sulfide) groups is 1. The summed E-state index contributed by atoms with van der Waals surface area (Å²) < 4.78 is 5.88. The number of carbonyl (C=O) groups is 1. The Morgan fingerprint density at radius 3 is 2.90 bits per heavy atom. The lowest BCUT2D eigenvalue weighted by molar-refractivity contribution is -0.121. The minimum absolute atomic E-state index is 0.163. The zero-order valence-corrected chi connectivity index (χ0v) is 18.0. The molecule has 146 valence electrons. The molecule has 1 aliphatic rings. The number of thiazole rings is 1. The van der Waals surface area contributed by atoms with Crippen LogP contribution >= 0.6 is 46.3 Å². The summed E-state index contributed by atoms with van der Waals surface area (Å²) in [6, 6.07) is 8.91. The first-order valence-corrected chi connectivity index (χ1v) is 10.9. The molecular weight excluding hydrogens is 449 g/mol. The molecule has 0 aliphatic carbocycles. The summed E-state index contributed by atoms with van der Waals surface area (Å²) in [6.45, 7) is 4.07. The van der Waals surface area contributed by atoms with Crippen LogP contribution in [0.4, 0.5) is 5.13 Å². The Morgan fingerprint density at radius 2 is 2.14 bits per heavy atom. The number of aliphatic imine (C=N–C) groups is 1. The van der Waals surface area contributed by atoms with Gasteiger partial charge in [-0.2, -0.15) is 4.99 Å². The van der Waals surface area contributed by atoms with E-state index in [4.69, 9.17) is 27.6 Å². The lowest BCUT2D eigenvalue weighted by Crippen LogP contribution is -2.29. The average Bonchev–Trinajstić information content (AvgIpc) is 3.43. The van der Waals surface area contributed by atoms with Crippen molar-refractivity contribution in [1.82, 2.24) is 9.88 Å². The first kappa shape index (κ1) is 20.0. The number of rotatable bonds is 5. The maximum absolute atomic E-state index is 12.8. The molecule has 0 spiro atoms. The Labute approximate surface area is 185 Å². The number of benzene rings is 1. The molecule has 1 saturated heterocycles. The maximum atomic E-state index is 12.8. The molecule has 0 unspecified atom stereocenters. The van der Waals surface area contributed by atoms with E-state index in [9.17, 15) is 4.79 Å². The predicted octanol–water partition coefficient (Wildman–Crippen LogP) is 6.50. The number of hydrogen-bond donors (Lipinski definition) is 0. The summed E-state index contributed by atoms with van der Waals surface area (Å²) in [5.74, 6) is 0.935. The van der Waals surface area contributed by atoms with Gasteiger partial charge in [0.15, 0.2) is 5.17 Å². The van der Waals surface area contributed by atoms with Gasteiger partial charge in [-0.05, 0) is 36.0 Å². The van der Waals surface area contributed by atoms with E-state index in [-0.39, 0.29) is 5.91 Å². The van der Waals surface area contributed by atoms with Crippen LogP contribution in [0.15, 0.2) is 68.9 Å². The van der Waals surface area contributed by atoms with Gasteiger partial charge in [-0.25, -0.2) is 4.98 Å². The van der Waals surface area contributed by atoms with Gasteiger partial charge in [0.05, 0.1) is 15.0 Å². The number of hydrogen-bond acceptors (Lipinski definition) is 6. The SMILES string of the molecule is C=CCN1C(=O)/C(=C/c2ccc(-c3cccc(Cl)c3Cl)o2)S/C1=N/c1nccs1. The molecule has 0 N–H and O–H groups in total. The van der Waals surface area contributed by atoms with E-state index in [1.165, 1.54) is 23.1 Å². The number of aromatic nitrogens is 1. The molecule has 0 radical (unpaired) electrons. The number of halogens is 2. The van der Waals surface area contributed by atoms with Gasteiger partial charge in [0.2, 0.25) is 5.13 Å². The van der Waals surface area contributed by atoms with Crippen molar-refractivity contribution in [2.75, 3.05) is 6.54 Å². The van der Waals surface area contributed by atoms with Crippen LogP contribution in [0, 0.1) is 0 Å². The van der Waals surface area contributed by atoms with Crippen molar-refractivity contribution in [1.29, 1.82) is 0 Å². The Bertz CT molecular complexity index is 1140. The smallest absolute Gasteiger partial charge is 0.267 e. The third-order valence-corrected chi connectivity index (χ3v) is 6.42. The van der Waals surface area contributed by atoms with Gasteiger partial charge >= 0.3 is 0 Å². The summed E-state index contributed by atoms with van der Waals surface area (Å²) in [4.78, 5) is 23.5. The Kier molecular flexibility index (Phi) is 5.91. The third-order valence-electron chi connectivity index (χ3n) is 3.93. The van der Waals surface area contributed by atoms with E-state index in [1.807, 2.05) is 11.4 Å². The molecule has 29 heavy (non-hydrogen) atoms. The van der Waals surface area contributed by atoms with Crippen LogP contribution in [-0.4, -0.2) is 27.5 Å². The molecule has 3 aromatic rings. The third kappa shape index (κ3) is 4.18. The van der Waals surface area contributed by atoms with Gasteiger partial charge in [-0.1, -0.05) is 35.3 Å². The minimum atomic E-state index is -0.163. The van der Waals surface area contributed by atoms with Gasteiger partial charge in [0.25, 0.3) is 5.91 Å². The fourth-order valence-corrected chi connectivity index (χ4v) is 4.56. The van der Waals surface area contributed by atoms with Crippen molar-refractivity contribution in [2.45, 2.75) is 0 Å². The Morgan fingerprint density at radius 1 is 1.28 bits per heavy atom. The first-order valence-electron chi connectivity index (χ1n) is 8.41. The molecule has 1 aromatic carbocycles. The fourth-order valence-electron chi connectivity index (χ4n) is 2.63. The highest BCUT2D eigenvalue weighted by atomic mass is 35.5. The predicted molar refractivity (Wildman–Crippen MR) is 121 cm³/mol. The quantitative estimate of drug-likeness (QED) is 0.321. The molecule has 4 rings (SSSR count). The van der Waals surface area contributed by atoms with Crippen molar-refractivity contribution >= 4 is 68.6 Å². The van der Waals surface area contributed by atoms with E-state index >= 15 is 0 Å². The largest absolute Gasteiger partial charge is 0.457 e. The summed E-state index contributed by atoms with van der Waals surface area (Å²) in [5.41, 5.74) is 0.688. The Hall–Kier alpha value is -2.32. The van der Waals surface area contributed by atoms with Crippen LogP contribution in [0.1, 0.15) is 5.76 Å². The minimum Gasteiger partial charge on any atom is -0.457 e. The van der Waals surface area contributed by atoms with Crippen LogP contribution in [0.25, 0.3) is 17.4 Å². The normalized spacial score (nSPS) is 16.9. The van der Waals surface area contributed by atoms with Gasteiger partial charge in [-0.15, -0.1) is 17.9 Å². The van der Waals surface area contributed by atoms with Gasteiger partial charge in [-0.3, -0.25) is 9.69 Å². The van der Waals surface area contributed by atoms with Crippen molar-refractivity contribution in [3.05, 3.63) is 75.3 Å². The zero-order chi connectivity index (χ0) is 20.4. The van der Waals surface area contributed by atoms with Crippen LogP contribution < -0.4 is 0 Å². The molecule has 0 saturated carbocycles. The van der Waals surface area contributed by atoms with Gasteiger partial charge in [0, 0.05) is 29.8 Å². The lowest BCUT2D eigenvalue weighted by Gasteiger charge is -2.11. The second-order valence-corrected chi connectivity index (χ2v) is 8.49. The number of carbonyl (C=O) groups excluding carboxylic acids is 1. The first-order chi connectivity index (χ1) is 14.1. The fraction of sp³-hybridized carbons (Fsp3) is 0.0500. The van der Waals surface area contributed by atoms with Crippen molar-refractivity contribution in [2.24, 2.45) is 4.99 Å². The summed E-state index contributed by atoms with van der Waals surface area (Å²) >= 11 is 15.0. The monoisotopic (exact) mass is 461 g/mol. The molecule has 1 amide bonds. The van der Waals surface area contributed by atoms with E-state index < -0.39 is 0 Å². The van der Waals surface area contributed by atoms with Gasteiger partial charge < -0.3 is 4.42 Å². The molecule has 3 heterocycles. The van der Waals surface area contributed by atoms with Gasteiger partial charge in [0.1, 0.15) is 11.5 Å². The average molecular weight is 462 g/mol. The number of amidine groups is 1. The molecular formula is C20H13Cl2N3O2S2. The van der Waals surface area contributed by atoms with Crippen LogP contribution in [0.2, 0.25) is 10.0 Å². The van der Waals surface area contributed by atoms with E-state index in [0.29, 0.717) is 48.9 Å². The summed E-state index contributed by atoms with van der Waals surface area (Å²) in [6.07, 6.45) is 5.02. The highest BCUT2D eigenvalue weighted by Gasteiger charge is 2.33. The molecule has 1 fully saturated rings. The van der Waals surface area contributed by atoms with Crippen LogP contribution in [-0.2, 0) is 4.79 Å². The standard InChI is InChI=1S/C20H13Cl2N3O2S2/c1-2-9-25-18(26)16(29-20(25)24-19-23-8-10-28-19)11-12-6-7-15(27-12)13-4-3-5-14(21)17(13)22/h2-8,10-11H,1,9H2/b16-11-,24-20+. The molecule has 2 aromatic heterocycles. The topological polar surface area (TPSA) is 58.7 Å². The lowest BCUT2D eigenvalue weighted by atomic mass is 10.2. The summed E-state index contributed by atoms with van der Waals surface area (Å²) in [5, 5.41) is 3.85. The van der Waals surface area contributed by atoms with Crippen molar-refractivity contribution < 1.29 is 9.21 Å².